The lowest BCUT2D eigenvalue weighted by molar-refractivity contribution is -0.145. The van der Waals surface area contributed by atoms with Gasteiger partial charge in [-0.1, -0.05) is 19.8 Å². The first-order valence-electron chi connectivity index (χ1n) is 6.88. The second-order valence-corrected chi connectivity index (χ2v) is 4.25. The number of unbranched alkanes of at least 4 members (excludes halogenated alkanes) is 2. The Morgan fingerprint density at radius 2 is 1.89 bits per heavy atom. The number of carbonyl (C=O) groups excluding carboxylic acids is 1. The molecule has 0 amide bonds. The summed E-state index contributed by atoms with van der Waals surface area (Å²) in [6, 6.07) is 7.60. The second kappa shape index (κ2) is 9.25. The van der Waals surface area contributed by atoms with E-state index >= 15 is 0 Å². The molecule has 0 saturated heterocycles. The summed E-state index contributed by atoms with van der Waals surface area (Å²) in [5.74, 6) is 0.330. The summed E-state index contributed by atoms with van der Waals surface area (Å²) in [4.78, 5) is 11.1. The number of hydrogen-bond donors (Lipinski definition) is 1. The van der Waals surface area contributed by atoms with Crippen LogP contribution < -0.4 is 10.1 Å². The minimum atomic E-state index is -0.343. The largest absolute Gasteiger partial charge is 0.482 e. The van der Waals surface area contributed by atoms with E-state index in [0.717, 1.165) is 12.2 Å². The molecule has 4 nitrogen and oxygen atoms in total. The molecule has 0 radical (unpaired) electrons. The first kappa shape index (κ1) is 15.3. The van der Waals surface area contributed by atoms with Gasteiger partial charge in [-0.3, -0.25) is 0 Å². The lowest BCUT2D eigenvalue weighted by Crippen LogP contribution is -2.14. The third kappa shape index (κ3) is 6.70. The van der Waals surface area contributed by atoms with Gasteiger partial charge in [0.2, 0.25) is 0 Å². The smallest absolute Gasteiger partial charge is 0.344 e. The summed E-state index contributed by atoms with van der Waals surface area (Å²) >= 11 is 0. The molecular formula is C15H23NO3. The molecule has 0 aliphatic rings. The summed E-state index contributed by atoms with van der Waals surface area (Å²) in [7, 11) is 0. The van der Waals surface area contributed by atoms with Gasteiger partial charge in [0, 0.05) is 12.2 Å². The van der Waals surface area contributed by atoms with Crippen molar-refractivity contribution in [3.63, 3.8) is 0 Å². The molecule has 0 heterocycles. The first-order chi connectivity index (χ1) is 9.26. The average molecular weight is 265 g/mol. The number of benzene rings is 1. The normalized spacial score (nSPS) is 10.0. The molecule has 4 heteroatoms. The van der Waals surface area contributed by atoms with Crippen LogP contribution >= 0.6 is 0 Å². The van der Waals surface area contributed by atoms with Crippen molar-refractivity contribution in [3.05, 3.63) is 24.3 Å². The molecule has 0 aliphatic heterocycles. The number of carbonyl (C=O) groups is 1. The van der Waals surface area contributed by atoms with E-state index in [-0.39, 0.29) is 12.6 Å². The third-order valence-electron chi connectivity index (χ3n) is 2.63. The Hall–Kier alpha value is -1.71. The first-order valence-corrected chi connectivity index (χ1v) is 6.88. The highest BCUT2D eigenvalue weighted by Crippen LogP contribution is 2.15. The zero-order chi connectivity index (χ0) is 13.9. The van der Waals surface area contributed by atoms with Crippen LogP contribution in [0.4, 0.5) is 5.69 Å². The second-order valence-electron chi connectivity index (χ2n) is 4.25. The van der Waals surface area contributed by atoms with Crippen LogP contribution in [0.25, 0.3) is 0 Å². The fraction of sp³-hybridized carbons (Fsp3) is 0.533. The number of rotatable bonds is 9. The van der Waals surface area contributed by atoms with E-state index in [4.69, 9.17) is 9.47 Å². The van der Waals surface area contributed by atoms with Crippen molar-refractivity contribution in [2.24, 2.45) is 0 Å². The monoisotopic (exact) mass is 265 g/mol. The van der Waals surface area contributed by atoms with E-state index in [0.29, 0.717) is 12.4 Å². The number of nitrogens with one attached hydrogen (secondary N) is 1. The molecule has 0 aliphatic carbocycles. The van der Waals surface area contributed by atoms with Gasteiger partial charge in [0.05, 0.1) is 6.61 Å². The SMILES string of the molecule is CCCCCNc1ccc(OCC(=O)OCC)cc1. The molecule has 0 atom stereocenters. The summed E-state index contributed by atoms with van der Waals surface area (Å²) < 4.78 is 10.1. The van der Waals surface area contributed by atoms with Gasteiger partial charge >= 0.3 is 5.97 Å². The van der Waals surface area contributed by atoms with Gasteiger partial charge in [0.25, 0.3) is 0 Å². The van der Waals surface area contributed by atoms with Gasteiger partial charge in [-0.25, -0.2) is 4.79 Å². The van der Waals surface area contributed by atoms with Crippen molar-refractivity contribution in [3.8, 4) is 5.75 Å². The molecule has 0 bridgehead atoms. The van der Waals surface area contributed by atoms with Crippen LogP contribution in [0, 0.1) is 0 Å². The highest BCUT2D eigenvalue weighted by atomic mass is 16.6. The Kier molecular flexibility index (Phi) is 7.47. The molecule has 0 aromatic heterocycles. The van der Waals surface area contributed by atoms with E-state index in [1.54, 1.807) is 6.92 Å². The zero-order valence-corrected chi connectivity index (χ0v) is 11.8. The lowest BCUT2D eigenvalue weighted by atomic mass is 10.2. The summed E-state index contributed by atoms with van der Waals surface area (Å²) in [6.45, 7) is 5.28. The van der Waals surface area contributed by atoms with Crippen molar-refractivity contribution >= 4 is 11.7 Å². The zero-order valence-electron chi connectivity index (χ0n) is 11.8. The van der Waals surface area contributed by atoms with Crippen molar-refractivity contribution in [1.29, 1.82) is 0 Å². The summed E-state index contributed by atoms with van der Waals surface area (Å²) in [6.07, 6.45) is 3.65. The maximum Gasteiger partial charge on any atom is 0.344 e. The van der Waals surface area contributed by atoms with Crippen molar-refractivity contribution in [1.82, 2.24) is 0 Å². The van der Waals surface area contributed by atoms with Crippen LogP contribution in [-0.4, -0.2) is 25.7 Å². The van der Waals surface area contributed by atoms with Gasteiger partial charge in [0.15, 0.2) is 6.61 Å². The molecule has 0 unspecified atom stereocenters. The Balaban J connectivity index is 2.29. The molecule has 0 spiro atoms. The number of anilines is 1. The minimum Gasteiger partial charge on any atom is -0.482 e. The van der Waals surface area contributed by atoms with Crippen LogP contribution in [-0.2, 0) is 9.53 Å². The highest BCUT2D eigenvalue weighted by Gasteiger charge is 2.02. The van der Waals surface area contributed by atoms with E-state index in [1.807, 2.05) is 24.3 Å². The van der Waals surface area contributed by atoms with Crippen LogP contribution in [0.5, 0.6) is 5.75 Å². The van der Waals surface area contributed by atoms with Gasteiger partial charge in [-0.15, -0.1) is 0 Å². The van der Waals surface area contributed by atoms with Crippen LogP contribution in [0.2, 0.25) is 0 Å². The fourth-order valence-corrected chi connectivity index (χ4v) is 1.62. The van der Waals surface area contributed by atoms with Crippen LogP contribution in [0.3, 0.4) is 0 Å². The minimum absolute atomic E-state index is 0.0445. The molecular weight excluding hydrogens is 242 g/mol. The quantitative estimate of drug-likeness (QED) is 0.550. The molecule has 0 fully saturated rings. The van der Waals surface area contributed by atoms with E-state index in [2.05, 4.69) is 12.2 Å². The predicted octanol–water partition coefficient (Wildman–Crippen LogP) is 3.23. The maximum atomic E-state index is 11.1. The molecule has 1 rings (SSSR count). The summed E-state index contributed by atoms with van der Waals surface area (Å²) in [5.41, 5.74) is 1.07. The maximum absolute atomic E-state index is 11.1. The molecule has 0 saturated carbocycles. The van der Waals surface area contributed by atoms with Gasteiger partial charge < -0.3 is 14.8 Å². The number of esters is 1. The highest BCUT2D eigenvalue weighted by molar-refractivity contribution is 5.71. The molecule has 19 heavy (non-hydrogen) atoms. The molecule has 1 aromatic carbocycles. The molecule has 106 valence electrons. The Bertz CT molecular complexity index is 362. The fourth-order valence-electron chi connectivity index (χ4n) is 1.62. The summed E-state index contributed by atoms with van der Waals surface area (Å²) in [5, 5.41) is 3.34. The van der Waals surface area contributed by atoms with Crippen LogP contribution in [0.1, 0.15) is 33.1 Å². The standard InChI is InChI=1S/C15H23NO3/c1-3-5-6-11-16-13-7-9-14(10-8-13)19-12-15(17)18-4-2/h7-10,16H,3-6,11-12H2,1-2H3. The topological polar surface area (TPSA) is 47.6 Å². The third-order valence-corrected chi connectivity index (χ3v) is 2.63. The Morgan fingerprint density at radius 3 is 2.53 bits per heavy atom. The van der Waals surface area contributed by atoms with E-state index in [1.165, 1.54) is 19.3 Å². The molecule has 1 aromatic rings. The molecule has 1 N–H and O–H groups in total. The number of hydrogen-bond acceptors (Lipinski definition) is 4. The van der Waals surface area contributed by atoms with Gasteiger partial charge in [-0.2, -0.15) is 0 Å². The van der Waals surface area contributed by atoms with Crippen LogP contribution in [0.15, 0.2) is 24.3 Å². The Morgan fingerprint density at radius 1 is 1.16 bits per heavy atom. The van der Waals surface area contributed by atoms with Crippen molar-refractivity contribution in [2.75, 3.05) is 25.1 Å². The predicted molar refractivity (Wildman–Crippen MR) is 76.6 cm³/mol. The van der Waals surface area contributed by atoms with Crippen molar-refractivity contribution in [2.45, 2.75) is 33.1 Å². The lowest BCUT2D eigenvalue weighted by Gasteiger charge is -2.08. The van der Waals surface area contributed by atoms with Gasteiger partial charge in [-0.05, 0) is 37.6 Å². The van der Waals surface area contributed by atoms with Crippen molar-refractivity contribution < 1.29 is 14.3 Å². The average Bonchev–Trinajstić information content (AvgIpc) is 2.43. The number of ether oxygens (including phenoxy) is 2. The Labute approximate surface area is 115 Å². The van der Waals surface area contributed by atoms with E-state index < -0.39 is 0 Å². The van der Waals surface area contributed by atoms with E-state index in [9.17, 15) is 4.79 Å². The van der Waals surface area contributed by atoms with Gasteiger partial charge in [0.1, 0.15) is 5.75 Å².